The van der Waals surface area contributed by atoms with Gasteiger partial charge in [-0.15, -0.1) is 11.3 Å². The fraction of sp³-hybridized carbons (Fsp3) is 0.412. The van der Waals surface area contributed by atoms with E-state index in [2.05, 4.69) is 49.5 Å². The van der Waals surface area contributed by atoms with Gasteiger partial charge in [-0.05, 0) is 41.5 Å². The SMILES string of the molecule is CC1(C)Cc2ccccc2C1NCCc1ccc(Cl)s1. The van der Waals surface area contributed by atoms with Crippen LogP contribution in [-0.4, -0.2) is 6.54 Å². The van der Waals surface area contributed by atoms with E-state index >= 15 is 0 Å². The van der Waals surface area contributed by atoms with Crippen molar-refractivity contribution in [1.29, 1.82) is 0 Å². The Morgan fingerprint density at radius 1 is 1.25 bits per heavy atom. The summed E-state index contributed by atoms with van der Waals surface area (Å²) >= 11 is 7.66. The Balaban J connectivity index is 1.67. The average Bonchev–Trinajstić information content (AvgIpc) is 2.91. The van der Waals surface area contributed by atoms with E-state index in [9.17, 15) is 0 Å². The van der Waals surface area contributed by atoms with Crippen LogP contribution in [0.25, 0.3) is 0 Å². The minimum absolute atomic E-state index is 0.288. The zero-order chi connectivity index (χ0) is 14.2. The van der Waals surface area contributed by atoms with E-state index in [-0.39, 0.29) is 5.41 Å². The third-order valence-corrected chi connectivity index (χ3v) is 5.43. The van der Waals surface area contributed by atoms with Crippen LogP contribution in [0.5, 0.6) is 0 Å². The van der Waals surface area contributed by atoms with Crippen molar-refractivity contribution < 1.29 is 0 Å². The Hall–Kier alpha value is -0.830. The Kier molecular flexibility index (Phi) is 3.89. The molecule has 0 spiro atoms. The molecule has 0 saturated carbocycles. The molecule has 2 aromatic rings. The van der Waals surface area contributed by atoms with Crippen molar-refractivity contribution in [2.75, 3.05) is 6.54 Å². The van der Waals surface area contributed by atoms with Gasteiger partial charge in [0, 0.05) is 17.5 Å². The van der Waals surface area contributed by atoms with Crippen LogP contribution in [0.1, 0.15) is 35.9 Å². The van der Waals surface area contributed by atoms with Gasteiger partial charge in [-0.1, -0.05) is 49.7 Å². The van der Waals surface area contributed by atoms with Crippen LogP contribution in [0.2, 0.25) is 4.34 Å². The number of fused-ring (bicyclic) bond motifs is 1. The predicted molar refractivity (Wildman–Crippen MR) is 87.7 cm³/mol. The lowest BCUT2D eigenvalue weighted by Gasteiger charge is -2.28. The van der Waals surface area contributed by atoms with Crippen LogP contribution in [0, 0.1) is 5.41 Å². The van der Waals surface area contributed by atoms with Crippen molar-refractivity contribution in [3.63, 3.8) is 0 Å². The fourth-order valence-electron chi connectivity index (χ4n) is 3.20. The average molecular weight is 306 g/mol. The highest BCUT2D eigenvalue weighted by Gasteiger charge is 2.38. The molecule has 3 rings (SSSR count). The zero-order valence-electron chi connectivity index (χ0n) is 11.9. The molecule has 1 nitrogen and oxygen atoms in total. The van der Waals surface area contributed by atoms with E-state index in [1.54, 1.807) is 11.3 Å². The Morgan fingerprint density at radius 3 is 2.80 bits per heavy atom. The van der Waals surface area contributed by atoms with Crippen LogP contribution in [0.15, 0.2) is 36.4 Å². The van der Waals surface area contributed by atoms with Crippen molar-refractivity contribution in [1.82, 2.24) is 5.32 Å². The highest BCUT2D eigenvalue weighted by atomic mass is 35.5. The second kappa shape index (κ2) is 5.51. The van der Waals surface area contributed by atoms with E-state index in [1.807, 2.05) is 6.07 Å². The summed E-state index contributed by atoms with van der Waals surface area (Å²) in [6.45, 7) is 5.71. The maximum Gasteiger partial charge on any atom is 0.0931 e. The summed E-state index contributed by atoms with van der Waals surface area (Å²) in [7, 11) is 0. The molecule has 3 heteroatoms. The van der Waals surface area contributed by atoms with Crippen LogP contribution >= 0.6 is 22.9 Å². The second-order valence-corrected chi connectivity index (χ2v) is 8.01. The molecule has 1 atom stereocenters. The molecule has 0 fully saturated rings. The van der Waals surface area contributed by atoms with Crippen LogP contribution < -0.4 is 5.32 Å². The quantitative estimate of drug-likeness (QED) is 0.851. The van der Waals surface area contributed by atoms with Crippen molar-refractivity contribution in [2.45, 2.75) is 32.7 Å². The third-order valence-electron chi connectivity index (χ3n) is 4.14. The smallest absolute Gasteiger partial charge is 0.0931 e. The Morgan fingerprint density at radius 2 is 2.05 bits per heavy atom. The molecule has 0 bridgehead atoms. The lowest BCUT2D eigenvalue weighted by atomic mass is 9.85. The molecule has 106 valence electrons. The topological polar surface area (TPSA) is 12.0 Å². The minimum Gasteiger partial charge on any atom is -0.309 e. The molecule has 0 aliphatic heterocycles. The van der Waals surface area contributed by atoms with Gasteiger partial charge in [-0.2, -0.15) is 0 Å². The number of nitrogens with one attached hydrogen (secondary N) is 1. The fourth-order valence-corrected chi connectivity index (χ4v) is 4.29. The first-order valence-electron chi connectivity index (χ1n) is 7.12. The molecule has 1 aliphatic carbocycles. The van der Waals surface area contributed by atoms with Crippen LogP contribution in [-0.2, 0) is 12.8 Å². The zero-order valence-corrected chi connectivity index (χ0v) is 13.5. The van der Waals surface area contributed by atoms with Gasteiger partial charge in [0.1, 0.15) is 0 Å². The van der Waals surface area contributed by atoms with Crippen molar-refractivity contribution >= 4 is 22.9 Å². The van der Waals surface area contributed by atoms with E-state index in [4.69, 9.17) is 11.6 Å². The van der Waals surface area contributed by atoms with Gasteiger partial charge in [-0.25, -0.2) is 0 Å². The molecular weight excluding hydrogens is 286 g/mol. The van der Waals surface area contributed by atoms with Gasteiger partial charge in [0.15, 0.2) is 0 Å². The van der Waals surface area contributed by atoms with Crippen molar-refractivity contribution in [3.05, 3.63) is 56.7 Å². The largest absolute Gasteiger partial charge is 0.309 e. The molecule has 0 saturated heterocycles. The standard InChI is InChI=1S/C17H20ClNS/c1-17(2)11-12-5-3-4-6-14(12)16(17)19-10-9-13-7-8-15(18)20-13/h3-8,16,19H,9-11H2,1-2H3. The highest BCUT2D eigenvalue weighted by molar-refractivity contribution is 7.16. The normalized spacial score (nSPS) is 20.1. The molecule has 1 unspecified atom stereocenters. The first kappa shape index (κ1) is 14.1. The summed E-state index contributed by atoms with van der Waals surface area (Å²) in [6.07, 6.45) is 2.21. The summed E-state index contributed by atoms with van der Waals surface area (Å²) in [6, 6.07) is 13.4. The van der Waals surface area contributed by atoms with Gasteiger partial charge >= 0.3 is 0 Å². The van der Waals surface area contributed by atoms with Gasteiger partial charge < -0.3 is 5.32 Å². The lowest BCUT2D eigenvalue weighted by molar-refractivity contribution is 0.271. The van der Waals surface area contributed by atoms with Gasteiger partial charge in [0.2, 0.25) is 0 Å². The van der Waals surface area contributed by atoms with Crippen molar-refractivity contribution in [2.24, 2.45) is 5.41 Å². The van der Waals surface area contributed by atoms with Gasteiger partial charge in [-0.3, -0.25) is 0 Å². The summed E-state index contributed by atoms with van der Waals surface area (Å²) in [4.78, 5) is 1.35. The number of benzene rings is 1. The number of rotatable bonds is 4. The lowest BCUT2D eigenvalue weighted by Crippen LogP contribution is -2.32. The first-order chi connectivity index (χ1) is 9.56. The Labute approximate surface area is 130 Å². The molecular formula is C17H20ClNS. The molecule has 20 heavy (non-hydrogen) atoms. The molecule has 1 aromatic heterocycles. The molecule has 1 heterocycles. The third kappa shape index (κ3) is 2.78. The molecule has 1 aromatic carbocycles. The monoisotopic (exact) mass is 305 g/mol. The number of hydrogen-bond acceptors (Lipinski definition) is 2. The van der Waals surface area contributed by atoms with E-state index in [1.165, 1.54) is 16.0 Å². The van der Waals surface area contributed by atoms with Crippen LogP contribution in [0.3, 0.4) is 0 Å². The number of thiophene rings is 1. The molecule has 1 N–H and O–H groups in total. The number of hydrogen-bond donors (Lipinski definition) is 1. The summed E-state index contributed by atoms with van der Waals surface area (Å²) in [5, 5.41) is 3.75. The maximum absolute atomic E-state index is 5.98. The van der Waals surface area contributed by atoms with Crippen LogP contribution in [0.4, 0.5) is 0 Å². The van der Waals surface area contributed by atoms with Gasteiger partial charge in [0.05, 0.1) is 4.34 Å². The van der Waals surface area contributed by atoms with E-state index in [0.29, 0.717) is 6.04 Å². The number of halogens is 1. The summed E-state index contributed by atoms with van der Waals surface area (Å²) in [5.41, 5.74) is 3.26. The van der Waals surface area contributed by atoms with E-state index < -0.39 is 0 Å². The Bertz CT molecular complexity index is 603. The highest BCUT2D eigenvalue weighted by Crippen LogP contribution is 2.44. The predicted octanol–water partition coefficient (Wildman–Crippen LogP) is 4.86. The van der Waals surface area contributed by atoms with E-state index in [0.717, 1.165) is 23.7 Å². The molecule has 0 radical (unpaired) electrons. The minimum atomic E-state index is 0.288. The molecule has 1 aliphatic rings. The summed E-state index contributed by atoms with van der Waals surface area (Å²) in [5.74, 6) is 0. The van der Waals surface area contributed by atoms with Crippen molar-refractivity contribution in [3.8, 4) is 0 Å². The van der Waals surface area contributed by atoms with Gasteiger partial charge in [0.25, 0.3) is 0 Å². The maximum atomic E-state index is 5.98. The first-order valence-corrected chi connectivity index (χ1v) is 8.31. The summed E-state index contributed by atoms with van der Waals surface area (Å²) < 4.78 is 0.881. The second-order valence-electron chi connectivity index (χ2n) is 6.21. The molecule has 0 amide bonds.